The smallest absolute Gasteiger partial charge is 0.244 e. The monoisotopic (exact) mass is 276 g/mol. The SMILES string of the molecule is CC[C@@H](C(=O)NCCc1nncn1CC)n1cccn1. The Labute approximate surface area is 118 Å². The first kappa shape index (κ1) is 14.2. The van der Waals surface area contributed by atoms with Gasteiger partial charge >= 0.3 is 0 Å². The van der Waals surface area contributed by atoms with Crippen LogP contribution in [-0.4, -0.2) is 37.0 Å². The minimum absolute atomic E-state index is 0.0150. The third kappa shape index (κ3) is 3.23. The molecule has 108 valence electrons. The van der Waals surface area contributed by atoms with Gasteiger partial charge in [-0.05, 0) is 19.4 Å². The van der Waals surface area contributed by atoms with E-state index in [-0.39, 0.29) is 11.9 Å². The highest BCUT2D eigenvalue weighted by Crippen LogP contribution is 2.09. The second-order valence-electron chi connectivity index (χ2n) is 4.48. The lowest BCUT2D eigenvalue weighted by Crippen LogP contribution is -2.34. The van der Waals surface area contributed by atoms with Gasteiger partial charge in [0.15, 0.2) is 0 Å². The van der Waals surface area contributed by atoms with Gasteiger partial charge in [-0.25, -0.2) is 0 Å². The summed E-state index contributed by atoms with van der Waals surface area (Å²) in [5.41, 5.74) is 0. The molecule has 0 saturated carbocycles. The highest BCUT2D eigenvalue weighted by atomic mass is 16.2. The molecule has 2 heterocycles. The van der Waals surface area contributed by atoms with E-state index in [0.29, 0.717) is 19.4 Å². The van der Waals surface area contributed by atoms with Crippen LogP contribution < -0.4 is 5.32 Å². The van der Waals surface area contributed by atoms with Gasteiger partial charge in [-0.1, -0.05) is 6.92 Å². The summed E-state index contributed by atoms with van der Waals surface area (Å²) in [5.74, 6) is 0.874. The van der Waals surface area contributed by atoms with E-state index in [0.717, 1.165) is 12.4 Å². The fourth-order valence-electron chi connectivity index (χ4n) is 2.11. The van der Waals surface area contributed by atoms with Crippen molar-refractivity contribution >= 4 is 5.91 Å². The number of carbonyl (C=O) groups is 1. The van der Waals surface area contributed by atoms with E-state index in [4.69, 9.17) is 0 Å². The lowest BCUT2D eigenvalue weighted by Gasteiger charge is -2.15. The summed E-state index contributed by atoms with van der Waals surface area (Å²) >= 11 is 0. The molecule has 0 saturated heterocycles. The zero-order valence-corrected chi connectivity index (χ0v) is 11.9. The Bertz CT molecular complexity index is 533. The number of rotatable bonds is 7. The Hall–Kier alpha value is -2.18. The number of nitrogens with one attached hydrogen (secondary N) is 1. The van der Waals surface area contributed by atoms with Crippen LogP contribution in [0, 0.1) is 0 Å². The number of hydrogen-bond acceptors (Lipinski definition) is 4. The molecule has 7 heteroatoms. The van der Waals surface area contributed by atoms with Crippen LogP contribution in [0.15, 0.2) is 24.8 Å². The summed E-state index contributed by atoms with van der Waals surface area (Å²) in [7, 11) is 0. The molecule has 0 aliphatic carbocycles. The van der Waals surface area contributed by atoms with E-state index in [1.165, 1.54) is 0 Å². The number of hydrogen-bond donors (Lipinski definition) is 1. The number of aromatic nitrogens is 5. The van der Waals surface area contributed by atoms with Gasteiger partial charge in [-0.3, -0.25) is 9.48 Å². The van der Waals surface area contributed by atoms with Crippen LogP contribution in [0.25, 0.3) is 0 Å². The molecule has 1 N–H and O–H groups in total. The third-order valence-electron chi connectivity index (χ3n) is 3.22. The third-order valence-corrected chi connectivity index (χ3v) is 3.22. The van der Waals surface area contributed by atoms with E-state index < -0.39 is 0 Å². The van der Waals surface area contributed by atoms with E-state index >= 15 is 0 Å². The van der Waals surface area contributed by atoms with Crippen molar-refractivity contribution in [3.63, 3.8) is 0 Å². The second-order valence-corrected chi connectivity index (χ2v) is 4.48. The molecule has 1 amide bonds. The van der Waals surface area contributed by atoms with Crippen LogP contribution in [0.3, 0.4) is 0 Å². The first-order chi connectivity index (χ1) is 9.76. The Morgan fingerprint density at radius 1 is 1.45 bits per heavy atom. The second kappa shape index (κ2) is 6.83. The van der Waals surface area contributed by atoms with Gasteiger partial charge in [-0.2, -0.15) is 5.10 Å². The largest absolute Gasteiger partial charge is 0.354 e. The van der Waals surface area contributed by atoms with Gasteiger partial charge in [0.2, 0.25) is 5.91 Å². The van der Waals surface area contributed by atoms with Crippen LogP contribution in [0.4, 0.5) is 0 Å². The highest BCUT2D eigenvalue weighted by molar-refractivity contribution is 5.80. The minimum Gasteiger partial charge on any atom is -0.354 e. The Balaban J connectivity index is 1.86. The van der Waals surface area contributed by atoms with Crippen LogP contribution >= 0.6 is 0 Å². The fourth-order valence-corrected chi connectivity index (χ4v) is 2.11. The predicted molar refractivity (Wildman–Crippen MR) is 74.0 cm³/mol. The molecule has 0 aromatic carbocycles. The van der Waals surface area contributed by atoms with Crippen molar-refractivity contribution in [2.24, 2.45) is 0 Å². The summed E-state index contributed by atoms with van der Waals surface area (Å²) in [6.07, 6.45) is 6.57. The van der Waals surface area contributed by atoms with Gasteiger partial charge in [0.1, 0.15) is 18.2 Å². The van der Waals surface area contributed by atoms with Crippen molar-refractivity contribution in [1.29, 1.82) is 0 Å². The quantitative estimate of drug-likeness (QED) is 0.811. The van der Waals surface area contributed by atoms with Gasteiger partial charge in [-0.15, -0.1) is 10.2 Å². The van der Waals surface area contributed by atoms with Crippen LogP contribution in [0.1, 0.15) is 32.1 Å². The van der Waals surface area contributed by atoms with Crippen molar-refractivity contribution in [2.75, 3.05) is 6.54 Å². The standard InChI is InChI=1S/C13H20N6O/c1-3-11(19-9-5-7-16-19)13(20)14-8-6-12-17-15-10-18(12)4-2/h5,7,9-11H,3-4,6,8H2,1-2H3,(H,14,20)/t11-/m0/s1. The van der Waals surface area contributed by atoms with E-state index in [9.17, 15) is 4.79 Å². The number of carbonyl (C=O) groups excluding carboxylic acids is 1. The molecule has 1 atom stereocenters. The molecule has 2 aromatic rings. The average Bonchev–Trinajstić information content (AvgIpc) is 3.10. The Kier molecular flexibility index (Phi) is 4.86. The van der Waals surface area contributed by atoms with E-state index in [1.54, 1.807) is 17.2 Å². The first-order valence-corrected chi connectivity index (χ1v) is 6.89. The summed E-state index contributed by atoms with van der Waals surface area (Å²) < 4.78 is 3.65. The molecule has 7 nitrogen and oxygen atoms in total. The van der Waals surface area contributed by atoms with Crippen molar-refractivity contribution in [1.82, 2.24) is 29.9 Å². The minimum atomic E-state index is -0.256. The first-order valence-electron chi connectivity index (χ1n) is 6.89. The topological polar surface area (TPSA) is 77.6 Å². The summed E-state index contributed by atoms with van der Waals surface area (Å²) in [4.78, 5) is 12.1. The van der Waals surface area contributed by atoms with E-state index in [2.05, 4.69) is 20.6 Å². The molecular weight excluding hydrogens is 256 g/mol. The number of aryl methyl sites for hydroxylation is 1. The average molecular weight is 276 g/mol. The zero-order valence-electron chi connectivity index (χ0n) is 11.9. The molecule has 0 spiro atoms. The molecule has 0 aliphatic heterocycles. The zero-order chi connectivity index (χ0) is 14.4. The van der Waals surface area contributed by atoms with Gasteiger partial charge < -0.3 is 9.88 Å². The molecule has 2 aromatic heterocycles. The van der Waals surface area contributed by atoms with Crippen molar-refractivity contribution in [2.45, 2.75) is 39.3 Å². The molecule has 0 unspecified atom stereocenters. The maximum absolute atomic E-state index is 12.1. The van der Waals surface area contributed by atoms with Gasteiger partial charge in [0.05, 0.1) is 0 Å². The predicted octanol–water partition coefficient (Wildman–Crippen LogP) is 0.804. The van der Waals surface area contributed by atoms with Crippen LogP contribution in [0.5, 0.6) is 0 Å². The molecule has 0 bridgehead atoms. The van der Waals surface area contributed by atoms with Crippen LogP contribution in [-0.2, 0) is 17.8 Å². The van der Waals surface area contributed by atoms with E-state index in [1.807, 2.05) is 30.7 Å². The Morgan fingerprint density at radius 2 is 2.30 bits per heavy atom. The number of amides is 1. The van der Waals surface area contributed by atoms with Crippen molar-refractivity contribution < 1.29 is 4.79 Å². The molecular formula is C13H20N6O. The molecule has 0 aliphatic rings. The highest BCUT2D eigenvalue weighted by Gasteiger charge is 2.18. The fraction of sp³-hybridized carbons (Fsp3) is 0.538. The molecule has 0 fully saturated rings. The Morgan fingerprint density at radius 3 is 2.95 bits per heavy atom. The lowest BCUT2D eigenvalue weighted by atomic mass is 10.2. The summed E-state index contributed by atoms with van der Waals surface area (Å²) in [5, 5.41) is 15.0. The van der Waals surface area contributed by atoms with Crippen molar-refractivity contribution in [3.8, 4) is 0 Å². The summed E-state index contributed by atoms with van der Waals surface area (Å²) in [6, 6.07) is 1.56. The van der Waals surface area contributed by atoms with Gasteiger partial charge in [0, 0.05) is 31.9 Å². The molecule has 0 radical (unpaired) electrons. The van der Waals surface area contributed by atoms with Crippen LogP contribution in [0.2, 0.25) is 0 Å². The molecule has 20 heavy (non-hydrogen) atoms. The summed E-state index contributed by atoms with van der Waals surface area (Å²) in [6.45, 7) is 5.40. The van der Waals surface area contributed by atoms with Gasteiger partial charge in [0.25, 0.3) is 0 Å². The maximum Gasteiger partial charge on any atom is 0.244 e. The lowest BCUT2D eigenvalue weighted by molar-refractivity contribution is -0.124. The number of nitrogens with zero attached hydrogens (tertiary/aromatic N) is 5. The normalized spacial score (nSPS) is 12.3. The molecule has 2 rings (SSSR count). The maximum atomic E-state index is 12.1. The van der Waals surface area contributed by atoms with Crippen molar-refractivity contribution in [3.05, 3.63) is 30.6 Å².